The van der Waals surface area contributed by atoms with Crippen molar-refractivity contribution in [1.82, 2.24) is 4.98 Å². The molecule has 0 fully saturated rings. The molecule has 0 aliphatic carbocycles. The van der Waals surface area contributed by atoms with Crippen LogP contribution in [0.4, 0.5) is 0 Å². The lowest BCUT2D eigenvalue weighted by molar-refractivity contribution is 0.220. The molecule has 0 saturated heterocycles. The topological polar surface area (TPSA) is 46.3 Å². The van der Waals surface area contributed by atoms with E-state index in [0.717, 1.165) is 16.0 Å². The van der Waals surface area contributed by atoms with Gasteiger partial charge in [-0.1, -0.05) is 41.4 Å². The molecule has 0 amide bonds. The fraction of sp³-hybridized carbons (Fsp3) is 0.0500. The monoisotopic (exact) mass is 401 g/mol. The number of rotatable bonds is 4. The summed E-state index contributed by atoms with van der Waals surface area (Å²) < 4.78 is 6.52. The lowest BCUT2D eigenvalue weighted by atomic mass is 9.95. The Morgan fingerprint density at radius 1 is 1.04 bits per heavy atom. The van der Waals surface area contributed by atoms with E-state index in [9.17, 15) is 5.11 Å². The van der Waals surface area contributed by atoms with Gasteiger partial charge in [-0.05, 0) is 35.9 Å². The maximum Gasteiger partial charge on any atom is 0.150 e. The smallest absolute Gasteiger partial charge is 0.150 e. The van der Waals surface area contributed by atoms with E-state index < -0.39 is 6.10 Å². The zero-order valence-corrected chi connectivity index (χ0v) is 15.7. The Morgan fingerprint density at radius 2 is 1.85 bits per heavy atom. The van der Waals surface area contributed by atoms with Gasteiger partial charge in [0.1, 0.15) is 6.10 Å². The van der Waals surface area contributed by atoms with Crippen molar-refractivity contribution in [3.8, 4) is 21.8 Å². The molecule has 1 N–H and O–H groups in total. The number of hydrogen-bond donors (Lipinski definition) is 1. The molecule has 0 aliphatic heterocycles. The van der Waals surface area contributed by atoms with Crippen molar-refractivity contribution in [2.45, 2.75) is 6.10 Å². The van der Waals surface area contributed by atoms with E-state index in [1.165, 1.54) is 11.3 Å². The molecule has 0 spiro atoms. The fourth-order valence-electron chi connectivity index (χ4n) is 2.82. The van der Waals surface area contributed by atoms with Crippen molar-refractivity contribution in [1.29, 1.82) is 0 Å². The number of hydrogen-bond acceptors (Lipinski definition) is 4. The highest BCUT2D eigenvalue weighted by molar-refractivity contribution is 7.19. The van der Waals surface area contributed by atoms with Gasteiger partial charge in [-0.3, -0.25) is 4.98 Å². The van der Waals surface area contributed by atoms with Crippen molar-refractivity contribution < 1.29 is 9.52 Å². The minimum absolute atomic E-state index is 0.600. The van der Waals surface area contributed by atoms with Crippen LogP contribution in [0, 0.1) is 0 Å². The number of thiophene rings is 1. The van der Waals surface area contributed by atoms with E-state index in [0.29, 0.717) is 26.2 Å². The second-order valence-electron chi connectivity index (χ2n) is 5.69. The molecule has 4 aromatic rings. The van der Waals surface area contributed by atoms with Crippen molar-refractivity contribution in [2.24, 2.45) is 0 Å². The maximum absolute atomic E-state index is 11.1. The van der Waals surface area contributed by atoms with Crippen LogP contribution >= 0.6 is 34.5 Å². The van der Waals surface area contributed by atoms with E-state index in [4.69, 9.17) is 27.6 Å². The Hall–Kier alpha value is -2.11. The molecular weight excluding hydrogens is 389 g/mol. The van der Waals surface area contributed by atoms with Crippen LogP contribution in [0.25, 0.3) is 21.8 Å². The number of halogens is 2. The van der Waals surface area contributed by atoms with Gasteiger partial charge in [0.15, 0.2) is 5.76 Å². The number of aromatic nitrogens is 1. The van der Waals surface area contributed by atoms with Gasteiger partial charge in [-0.15, -0.1) is 11.3 Å². The normalized spacial score (nSPS) is 12.3. The van der Waals surface area contributed by atoms with Crippen LogP contribution in [0.5, 0.6) is 0 Å². The lowest BCUT2D eigenvalue weighted by Crippen LogP contribution is -2.02. The molecular formula is C20H13Cl2NO2S. The van der Waals surface area contributed by atoms with Crippen LogP contribution in [0.2, 0.25) is 9.36 Å². The predicted octanol–water partition coefficient (Wildman–Crippen LogP) is 6.46. The SMILES string of the molecule is OC(c1cccnc1)c1c(-c2ccc(Cl)cc2)coc1-c1ccc(Cl)s1. The van der Waals surface area contributed by atoms with E-state index in [-0.39, 0.29) is 0 Å². The minimum atomic E-state index is -0.885. The molecule has 3 nitrogen and oxygen atoms in total. The van der Waals surface area contributed by atoms with Crippen molar-refractivity contribution in [3.63, 3.8) is 0 Å². The van der Waals surface area contributed by atoms with E-state index in [1.54, 1.807) is 24.7 Å². The minimum Gasteiger partial charge on any atom is -0.462 e. The molecule has 0 saturated carbocycles. The van der Waals surface area contributed by atoms with Gasteiger partial charge in [-0.25, -0.2) is 0 Å². The van der Waals surface area contributed by atoms with Gasteiger partial charge < -0.3 is 9.52 Å². The third-order valence-corrected chi connectivity index (χ3v) is 5.54. The Kier molecular flexibility index (Phi) is 4.83. The van der Waals surface area contributed by atoms with Gasteiger partial charge in [0.05, 0.1) is 15.5 Å². The van der Waals surface area contributed by atoms with Crippen molar-refractivity contribution in [3.05, 3.63) is 87.7 Å². The zero-order chi connectivity index (χ0) is 18.1. The third-order valence-electron chi connectivity index (χ3n) is 4.06. The summed E-state index contributed by atoms with van der Waals surface area (Å²) >= 11 is 13.5. The molecule has 3 aromatic heterocycles. The van der Waals surface area contributed by atoms with Crippen LogP contribution in [0.15, 0.2) is 71.6 Å². The van der Waals surface area contributed by atoms with Crippen LogP contribution in [0.3, 0.4) is 0 Å². The molecule has 130 valence electrons. The number of furan rings is 1. The summed E-state index contributed by atoms with van der Waals surface area (Å²) in [4.78, 5) is 4.96. The van der Waals surface area contributed by atoms with Gasteiger partial charge in [0, 0.05) is 34.1 Å². The number of aliphatic hydroxyl groups excluding tert-OH is 1. The highest BCUT2D eigenvalue weighted by atomic mass is 35.5. The summed E-state index contributed by atoms with van der Waals surface area (Å²) in [6.45, 7) is 0. The largest absolute Gasteiger partial charge is 0.462 e. The molecule has 1 atom stereocenters. The molecule has 6 heteroatoms. The second kappa shape index (κ2) is 7.25. The Morgan fingerprint density at radius 3 is 2.50 bits per heavy atom. The summed E-state index contributed by atoms with van der Waals surface area (Å²) in [7, 11) is 0. The van der Waals surface area contributed by atoms with Crippen LogP contribution in [-0.2, 0) is 0 Å². The maximum atomic E-state index is 11.1. The van der Waals surface area contributed by atoms with Gasteiger partial charge in [-0.2, -0.15) is 0 Å². The fourth-order valence-corrected chi connectivity index (χ4v) is 3.99. The third kappa shape index (κ3) is 3.29. The summed E-state index contributed by atoms with van der Waals surface area (Å²) in [5, 5.41) is 11.7. The number of nitrogens with zero attached hydrogens (tertiary/aromatic N) is 1. The molecule has 4 rings (SSSR count). The summed E-state index contributed by atoms with van der Waals surface area (Å²) in [6, 6.07) is 14.8. The molecule has 1 unspecified atom stereocenters. The van der Waals surface area contributed by atoms with Gasteiger partial charge in [0.2, 0.25) is 0 Å². The quantitative estimate of drug-likeness (QED) is 0.426. The average Bonchev–Trinajstić information content (AvgIpc) is 3.28. The van der Waals surface area contributed by atoms with Crippen LogP contribution in [-0.4, -0.2) is 10.1 Å². The van der Waals surface area contributed by atoms with Crippen molar-refractivity contribution >= 4 is 34.5 Å². The summed E-state index contributed by atoms with van der Waals surface area (Å²) in [6.07, 6.45) is 4.09. The Balaban J connectivity index is 1.90. The average molecular weight is 402 g/mol. The molecule has 26 heavy (non-hydrogen) atoms. The second-order valence-corrected chi connectivity index (χ2v) is 7.84. The zero-order valence-electron chi connectivity index (χ0n) is 13.4. The first-order chi connectivity index (χ1) is 12.6. The molecule has 3 heterocycles. The predicted molar refractivity (Wildman–Crippen MR) is 106 cm³/mol. The summed E-state index contributed by atoms with van der Waals surface area (Å²) in [5.74, 6) is 0.600. The highest BCUT2D eigenvalue weighted by Crippen LogP contribution is 2.43. The van der Waals surface area contributed by atoms with E-state index >= 15 is 0 Å². The lowest BCUT2D eigenvalue weighted by Gasteiger charge is -2.13. The Labute approximate surface area is 164 Å². The first-order valence-corrected chi connectivity index (χ1v) is 9.42. The molecule has 0 bridgehead atoms. The molecule has 1 aromatic carbocycles. The van der Waals surface area contributed by atoms with E-state index in [1.807, 2.05) is 42.5 Å². The number of aliphatic hydroxyl groups is 1. The standard InChI is InChI=1S/C20H13Cl2NO2S/c21-14-5-3-12(4-6-14)15-11-25-20(16-7-8-17(22)26-16)18(15)19(24)13-2-1-9-23-10-13/h1-11,19,24H. The van der Waals surface area contributed by atoms with Crippen LogP contribution in [0.1, 0.15) is 17.2 Å². The van der Waals surface area contributed by atoms with Crippen molar-refractivity contribution in [2.75, 3.05) is 0 Å². The highest BCUT2D eigenvalue weighted by Gasteiger charge is 2.25. The van der Waals surface area contributed by atoms with E-state index in [2.05, 4.69) is 4.98 Å². The molecule has 0 aliphatic rings. The number of pyridine rings is 1. The van der Waals surface area contributed by atoms with Gasteiger partial charge >= 0.3 is 0 Å². The molecule has 0 radical (unpaired) electrons. The summed E-state index contributed by atoms with van der Waals surface area (Å²) in [5.41, 5.74) is 3.08. The Bertz CT molecular complexity index is 1030. The number of benzene rings is 1. The van der Waals surface area contributed by atoms with Gasteiger partial charge in [0.25, 0.3) is 0 Å². The first-order valence-electron chi connectivity index (χ1n) is 7.84. The van der Waals surface area contributed by atoms with Crippen LogP contribution < -0.4 is 0 Å². The first kappa shape index (κ1) is 17.3.